The van der Waals surface area contributed by atoms with Crippen molar-refractivity contribution < 1.29 is 8.42 Å². The highest BCUT2D eigenvalue weighted by Crippen LogP contribution is 2.34. The molecule has 106 valence electrons. The van der Waals surface area contributed by atoms with Crippen molar-refractivity contribution >= 4 is 27.9 Å². The Morgan fingerprint density at radius 1 is 1.14 bits per heavy atom. The fourth-order valence-electron chi connectivity index (χ4n) is 1.90. The zero-order valence-electron chi connectivity index (χ0n) is 10.6. The molecule has 0 spiro atoms. The zero-order chi connectivity index (χ0) is 14.7. The van der Waals surface area contributed by atoms with Gasteiger partial charge in [-0.25, -0.2) is 23.4 Å². The number of anilines is 1. The van der Waals surface area contributed by atoms with Gasteiger partial charge < -0.3 is 0 Å². The van der Waals surface area contributed by atoms with Gasteiger partial charge in [-0.05, 0) is 18.2 Å². The molecule has 0 atom stereocenters. The number of hydrogen-bond acceptors (Lipinski definition) is 6. The molecule has 1 aromatic carbocycles. The Morgan fingerprint density at radius 3 is 2.81 bits per heavy atom. The van der Waals surface area contributed by atoms with E-state index in [1.165, 1.54) is 17.7 Å². The fourth-order valence-corrected chi connectivity index (χ4v) is 3.04. The lowest BCUT2D eigenvalue weighted by molar-refractivity contribution is 0.619. The summed E-state index contributed by atoms with van der Waals surface area (Å²) < 4.78 is 23.9. The molecule has 3 aromatic rings. The van der Waals surface area contributed by atoms with Crippen LogP contribution in [-0.4, -0.2) is 23.4 Å². The van der Waals surface area contributed by atoms with Gasteiger partial charge in [0.2, 0.25) is 10.9 Å². The van der Waals surface area contributed by atoms with Crippen LogP contribution in [-0.2, 0) is 10.9 Å². The third-order valence-corrected chi connectivity index (χ3v) is 4.03. The van der Waals surface area contributed by atoms with E-state index >= 15 is 0 Å². The summed E-state index contributed by atoms with van der Waals surface area (Å²) >= 11 is 1.48. The van der Waals surface area contributed by atoms with Gasteiger partial charge in [-0.1, -0.05) is 12.1 Å². The number of hydrogen-bond donors (Lipinski definition) is 2. The highest BCUT2D eigenvalue weighted by molar-refractivity contribution is 7.73. The van der Waals surface area contributed by atoms with E-state index in [0.717, 1.165) is 21.8 Å². The zero-order valence-corrected chi connectivity index (χ0v) is 12.3. The van der Waals surface area contributed by atoms with Crippen molar-refractivity contribution in [3.8, 4) is 21.8 Å². The highest BCUT2D eigenvalue weighted by Gasteiger charge is 2.12. The topological polar surface area (TPSA) is 84.8 Å². The Morgan fingerprint density at radius 2 is 2.05 bits per heavy atom. The van der Waals surface area contributed by atoms with Crippen molar-refractivity contribution in [2.75, 3.05) is 4.72 Å². The minimum atomic E-state index is -2.69. The van der Waals surface area contributed by atoms with E-state index in [1.54, 1.807) is 29.9 Å². The van der Waals surface area contributed by atoms with Gasteiger partial charge in [-0.15, -0.1) is 11.3 Å². The SMILES string of the molecule is O=[SH](=O)Nc1cccc(-c2ncsc2-c2ccncn2)c1. The monoisotopic (exact) mass is 318 g/mol. The summed E-state index contributed by atoms with van der Waals surface area (Å²) in [6.07, 6.45) is 3.16. The molecule has 1 N–H and O–H groups in total. The van der Waals surface area contributed by atoms with Crippen LogP contribution in [0, 0.1) is 0 Å². The molecule has 0 radical (unpaired) electrons. The number of rotatable bonds is 4. The van der Waals surface area contributed by atoms with Gasteiger partial charge >= 0.3 is 0 Å². The molecular formula is C13H10N4O2S2. The molecule has 0 aliphatic carbocycles. The van der Waals surface area contributed by atoms with Gasteiger partial charge in [0.25, 0.3) is 0 Å². The van der Waals surface area contributed by atoms with Crippen LogP contribution in [0.1, 0.15) is 0 Å². The molecule has 2 aromatic heterocycles. The van der Waals surface area contributed by atoms with E-state index in [4.69, 9.17) is 0 Å². The lowest BCUT2D eigenvalue weighted by atomic mass is 10.1. The van der Waals surface area contributed by atoms with Crippen molar-refractivity contribution in [2.45, 2.75) is 0 Å². The second-order valence-corrected chi connectivity index (χ2v) is 5.67. The molecule has 0 saturated heterocycles. The van der Waals surface area contributed by atoms with E-state index < -0.39 is 10.9 Å². The first kappa shape index (κ1) is 13.7. The standard InChI is InChI=1S/C13H10N4O2S2/c18-21(19)17-10-3-1-2-9(6-10)12-13(20-8-16-12)11-4-5-14-7-15-11/h1-8,21H,(H,17,18,19). The predicted molar refractivity (Wildman–Crippen MR) is 82.5 cm³/mol. The summed E-state index contributed by atoms with van der Waals surface area (Å²) in [6, 6.07) is 8.90. The fraction of sp³-hybridized carbons (Fsp3) is 0. The minimum absolute atomic E-state index is 0.505. The molecule has 0 saturated carbocycles. The molecule has 0 bridgehead atoms. The molecule has 8 heteroatoms. The lowest BCUT2D eigenvalue weighted by Crippen LogP contribution is -1.95. The Labute approximate surface area is 126 Å². The van der Waals surface area contributed by atoms with Crippen LogP contribution >= 0.6 is 11.3 Å². The Bertz CT molecular complexity index is 823. The van der Waals surface area contributed by atoms with Crippen LogP contribution in [0.3, 0.4) is 0 Å². The van der Waals surface area contributed by atoms with E-state index in [1.807, 2.05) is 12.1 Å². The number of nitrogens with one attached hydrogen (secondary N) is 1. The predicted octanol–water partition coefficient (Wildman–Crippen LogP) is 2.21. The largest absolute Gasteiger partial charge is 0.286 e. The minimum Gasteiger partial charge on any atom is -0.286 e. The molecule has 0 unspecified atom stereocenters. The van der Waals surface area contributed by atoms with E-state index in [0.29, 0.717) is 5.69 Å². The quantitative estimate of drug-likeness (QED) is 0.720. The molecular weight excluding hydrogens is 308 g/mol. The second-order valence-electron chi connectivity index (χ2n) is 4.07. The van der Waals surface area contributed by atoms with Crippen LogP contribution in [0.5, 0.6) is 0 Å². The number of nitrogens with zero attached hydrogens (tertiary/aromatic N) is 3. The van der Waals surface area contributed by atoms with Crippen LogP contribution in [0.4, 0.5) is 5.69 Å². The van der Waals surface area contributed by atoms with Crippen LogP contribution < -0.4 is 4.72 Å². The molecule has 3 rings (SSSR count). The Kier molecular flexibility index (Phi) is 3.89. The summed E-state index contributed by atoms with van der Waals surface area (Å²) in [5, 5.41) is 0. The summed E-state index contributed by atoms with van der Waals surface area (Å²) in [6.45, 7) is 0. The first-order valence-electron chi connectivity index (χ1n) is 5.95. The van der Waals surface area contributed by atoms with E-state index in [9.17, 15) is 8.42 Å². The van der Waals surface area contributed by atoms with E-state index in [-0.39, 0.29) is 0 Å². The lowest BCUT2D eigenvalue weighted by Gasteiger charge is -2.04. The van der Waals surface area contributed by atoms with Crippen molar-refractivity contribution in [3.63, 3.8) is 0 Å². The van der Waals surface area contributed by atoms with Gasteiger partial charge in [0.1, 0.15) is 6.33 Å². The van der Waals surface area contributed by atoms with E-state index in [2.05, 4.69) is 19.7 Å². The molecule has 6 nitrogen and oxygen atoms in total. The van der Waals surface area contributed by atoms with Crippen LogP contribution in [0.15, 0.2) is 48.4 Å². The highest BCUT2D eigenvalue weighted by atomic mass is 32.2. The van der Waals surface area contributed by atoms with Crippen molar-refractivity contribution in [3.05, 3.63) is 48.4 Å². The molecule has 0 fully saturated rings. The molecule has 0 amide bonds. The summed E-state index contributed by atoms with van der Waals surface area (Å²) in [4.78, 5) is 13.4. The first-order chi connectivity index (χ1) is 10.2. The number of thiol groups is 1. The number of benzene rings is 1. The smallest absolute Gasteiger partial charge is 0.222 e. The van der Waals surface area contributed by atoms with Gasteiger partial charge in [0.15, 0.2) is 0 Å². The van der Waals surface area contributed by atoms with Crippen LogP contribution in [0.25, 0.3) is 21.8 Å². The average molecular weight is 318 g/mol. The van der Waals surface area contributed by atoms with Gasteiger partial charge in [0, 0.05) is 17.4 Å². The normalized spacial score (nSPS) is 10.7. The van der Waals surface area contributed by atoms with Crippen molar-refractivity contribution in [1.29, 1.82) is 0 Å². The maximum atomic E-state index is 10.8. The number of thiazole rings is 1. The average Bonchev–Trinajstić information content (AvgIpc) is 2.97. The maximum Gasteiger partial charge on any atom is 0.222 e. The Hall–Kier alpha value is -2.32. The van der Waals surface area contributed by atoms with Gasteiger partial charge in [-0.2, -0.15) is 0 Å². The molecule has 0 aliphatic rings. The second kappa shape index (κ2) is 5.98. The van der Waals surface area contributed by atoms with Crippen molar-refractivity contribution in [2.24, 2.45) is 0 Å². The first-order valence-corrected chi connectivity index (χ1v) is 8.01. The molecule has 2 heterocycles. The summed E-state index contributed by atoms with van der Waals surface area (Å²) in [5.74, 6) is 0. The molecule has 21 heavy (non-hydrogen) atoms. The maximum absolute atomic E-state index is 10.8. The van der Waals surface area contributed by atoms with Crippen LogP contribution in [0.2, 0.25) is 0 Å². The Balaban J connectivity index is 2.04. The third kappa shape index (κ3) is 3.06. The summed E-state index contributed by atoms with van der Waals surface area (Å²) in [7, 11) is -2.69. The summed E-state index contributed by atoms with van der Waals surface area (Å²) in [5.41, 5.74) is 4.62. The third-order valence-electron chi connectivity index (χ3n) is 2.74. The molecule has 0 aliphatic heterocycles. The van der Waals surface area contributed by atoms with Gasteiger partial charge in [0.05, 0.1) is 21.8 Å². The van der Waals surface area contributed by atoms with Crippen molar-refractivity contribution in [1.82, 2.24) is 15.0 Å². The van der Waals surface area contributed by atoms with Gasteiger partial charge in [-0.3, -0.25) is 4.72 Å². The number of aromatic nitrogens is 3.